The summed E-state index contributed by atoms with van der Waals surface area (Å²) in [5, 5.41) is 0. The summed E-state index contributed by atoms with van der Waals surface area (Å²) in [5.41, 5.74) is 0. The Bertz CT molecular complexity index is 110. The maximum Gasteiger partial charge on any atom is 0 e. The van der Waals surface area contributed by atoms with Gasteiger partial charge in [-0.25, -0.2) is 0 Å². The van der Waals surface area contributed by atoms with E-state index in [0.717, 1.165) is 0 Å². The van der Waals surface area contributed by atoms with Crippen molar-refractivity contribution in [3.8, 4) is 0 Å². The fourth-order valence-electron chi connectivity index (χ4n) is 0. The Morgan fingerprint density at radius 1 is 0.533 bits per heavy atom. The molecule has 15 heavy (non-hydrogen) atoms. The van der Waals surface area contributed by atoms with Gasteiger partial charge in [0.25, 0.3) is 0 Å². The second-order valence-corrected chi connectivity index (χ2v) is 1.34. The Morgan fingerprint density at radius 2 is 0.533 bits per heavy atom. The van der Waals surface area contributed by atoms with Crippen molar-refractivity contribution >= 4 is 0 Å². The Hall–Kier alpha value is -0.808. The summed E-state index contributed by atoms with van der Waals surface area (Å²) in [7, 11) is 6.00. The van der Waals surface area contributed by atoms with E-state index in [4.69, 9.17) is 23.3 Å². The zero-order valence-electron chi connectivity index (χ0n) is 8.40. The van der Waals surface area contributed by atoms with Crippen molar-refractivity contribution in [2.75, 3.05) is 21.1 Å². The molecule has 0 N–H and O–H groups in total. The SMILES string of the molecule is CN(C)C.[C-]#[O+].[C-]#[O+].[C-]#[O+].[C-]#[O+].[C-]#[O+].[Cr]. The summed E-state index contributed by atoms with van der Waals surface area (Å²) in [6.07, 6.45) is 0. The van der Waals surface area contributed by atoms with E-state index < -0.39 is 0 Å². The summed E-state index contributed by atoms with van der Waals surface area (Å²) >= 11 is 0. The van der Waals surface area contributed by atoms with Gasteiger partial charge in [0.05, 0.1) is 0 Å². The summed E-state index contributed by atoms with van der Waals surface area (Å²) < 4.78 is 37.5. The molecule has 0 fully saturated rings. The molecule has 0 aliphatic carbocycles. The third kappa shape index (κ3) is 2530. The van der Waals surface area contributed by atoms with Crippen LogP contribution in [0.5, 0.6) is 0 Å². The zero-order chi connectivity index (χ0) is 13.6. The van der Waals surface area contributed by atoms with Crippen molar-refractivity contribution in [1.29, 1.82) is 0 Å². The molecule has 0 saturated carbocycles. The van der Waals surface area contributed by atoms with Crippen LogP contribution in [0.15, 0.2) is 0 Å². The predicted molar refractivity (Wildman–Crippen MR) is 39.3 cm³/mol. The molecule has 0 rings (SSSR count). The van der Waals surface area contributed by atoms with E-state index in [2.05, 4.69) is 33.3 Å². The van der Waals surface area contributed by atoms with Crippen molar-refractivity contribution < 1.29 is 40.6 Å². The summed E-state index contributed by atoms with van der Waals surface area (Å²) in [5.74, 6) is 0. The van der Waals surface area contributed by atoms with Gasteiger partial charge < -0.3 is 4.90 Å². The van der Waals surface area contributed by atoms with Crippen LogP contribution in [0.1, 0.15) is 0 Å². The Morgan fingerprint density at radius 3 is 0.533 bits per heavy atom. The van der Waals surface area contributed by atoms with Crippen molar-refractivity contribution in [3.05, 3.63) is 33.3 Å². The Kier molecular flexibility index (Phi) is 1300. The fourth-order valence-corrected chi connectivity index (χ4v) is 0. The van der Waals surface area contributed by atoms with Gasteiger partial charge in [0, 0.05) is 17.4 Å². The van der Waals surface area contributed by atoms with E-state index in [1.807, 2.05) is 26.0 Å². The van der Waals surface area contributed by atoms with Gasteiger partial charge in [-0.15, -0.1) is 0 Å². The monoisotopic (exact) mass is 251 g/mol. The third-order valence-electron chi connectivity index (χ3n) is 0. The number of hydrogen-bond donors (Lipinski definition) is 0. The molecule has 0 radical (unpaired) electrons. The first kappa shape index (κ1) is 47.7. The molecule has 7 heteroatoms. The van der Waals surface area contributed by atoms with Crippen LogP contribution >= 0.6 is 0 Å². The minimum Gasteiger partial charge on any atom is 0 e. The van der Waals surface area contributed by atoms with E-state index in [9.17, 15) is 0 Å². The van der Waals surface area contributed by atoms with E-state index in [1.54, 1.807) is 0 Å². The van der Waals surface area contributed by atoms with Crippen LogP contribution in [-0.2, 0) is 40.6 Å². The fraction of sp³-hybridized carbons (Fsp3) is 0.375. The maximum absolute atomic E-state index is 7.50. The standard InChI is InChI=1S/C3H9N.5CO.Cr/c1-4(2)3;5*1-2;/h1-3H3;;;;;;. The summed E-state index contributed by atoms with van der Waals surface area (Å²) in [4.78, 5) is 2.00. The quantitative estimate of drug-likeness (QED) is 0.438. The molecule has 82 valence electrons. The van der Waals surface area contributed by atoms with Gasteiger partial charge >= 0.3 is 56.5 Å². The normalized spacial score (nSPS) is 3.07. The van der Waals surface area contributed by atoms with Crippen molar-refractivity contribution in [3.63, 3.8) is 0 Å². The van der Waals surface area contributed by atoms with Crippen molar-refractivity contribution in [2.45, 2.75) is 0 Å². The topological polar surface area (TPSA) is 103 Å². The molecule has 0 atom stereocenters. The largest absolute Gasteiger partial charge is 0 e. The van der Waals surface area contributed by atoms with Gasteiger partial charge in [0.2, 0.25) is 0 Å². The number of hydrogen-bond acceptors (Lipinski definition) is 1. The van der Waals surface area contributed by atoms with Crippen molar-refractivity contribution in [2.24, 2.45) is 0 Å². The molecule has 0 unspecified atom stereocenters. The first-order chi connectivity index (χ1) is 6.73. The van der Waals surface area contributed by atoms with E-state index in [-0.39, 0.29) is 17.4 Å². The minimum absolute atomic E-state index is 0. The van der Waals surface area contributed by atoms with Crippen LogP contribution in [-0.4, -0.2) is 26.0 Å². The van der Waals surface area contributed by atoms with Crippen LogP contribution in [0.3, 0.4) is 0 Å². The first-order valence-corrected chi connectivity index (χ1v) is 2.36. The molecular formula is C8H9CrNO5. The molecule has 0 aliphatic heterocycles. The molecule has 0 aliphatic rings. The summed E-state index contributed by atoms with van der Waals surface area (Å²) in [6, 6.07) is 0. The van der Waals surface area contributed by atoms with Crippen LogP contribution in [0, 0.1) is 33.3 Å². The molecule has 0 aromatic heterocycles. The molecule has 0 bridgehead atoms. The molecule has 0 saturated heterocycles. The number of rotatable bonds is 0. The summed E-state index contributed by atoms with van der Waals surface area (Å²) in [6.45, 7) is 22.5. The van der Waals surface area contributed by atoms with Crippen LogP contribution in [0.4, 0.5) is 0 Å². The second kappa shape index (κ2) is 408. The predicted octanol–water partition coefficient (Wildman–Crippen LogP) is -0.0122. The van der Waals surface area contributed by atoms with Gasteiger partial charge in [-0.2, -0.15) is 0 Å². The van der Waals surface area contributed by atoms with E-state index >= 15 is 0 Å². The van der Waals surface area contributed by atoms with E-state index in [1.165, 1.54) is 0 Å². The zero-order valence-corrected chi connectivity index (χ0v) is 9.67. The molecule has 6 nitrogen and oxygen atoms in total. The van der Waals surface area contributed by atoms with Gasteiger partial charge in [-0.05, 0) is 21.1 Å². The third-order valence-corrected chi connectivity index (χ3v) is 0. The van der Waals surface area contributed by atoms with Gasteiger partial charge in [0.15, 0.2) is 0 Å². The van der Waals surface area contributed by atoms with Gasteiger partial charge in [-0.1, -0.05) is 0 Å². The molecule has 0 spiro atoms. The first-order valence-electron chi connectivity index (χ1n) is 2.36. The van der Waals surface area contributed by atoms with Crippen LogP contribution in [0.2, 0.25) is 0 Å². The average Bonchev–Trinajstić information content (AvgIpc) is 2.30. The molecule has 0 amide bonds. The maximum atomic E-state index is 7.50. The molecule has 0 aromatic carbocycles. The average molecular weight is 251 g/mol. The van der Waals surface area contributed by atoms with Crippen molar-refractivity contribution in [1.82, 2.24) is 4.90 Å². The number of nitrogens with zero attached hydrogens (tertiary/aromatic N) is 1. The van der Waals surface area contributed by atoms with Gasteiger partial charge in [-0.3, -0.25) is 0 Å². The molecular weight excluding hydrogens is 242 g/mol. The molecule has 0 heterocycles. The molecule has 0 aromatic rings. The van der Waals surface area contributed by atoms with Crippen LogP contribution in [0.25, 0.3) is 0 Å². The smallest absolute Gasteiger partial charge is 0 e. The Balaban J connectivity index is -0.0000000105. The second-order valence-electron chi connectivity index (χ2n) is 1.34. The van der Waals surface area contributed by atoms with Crippen LogP contribution < -0.4 is 0 Å². The Labute approximate surface area is 100 Å². The van der Waals surface area contributed by atoms with E-state index in [0.29, 0.717) is 0 Å². The van der Waals surface area contributed by atoms with Gasteiger partial charge in [0.1, 0.15) is 0 Å². The minimum atomic E-state index is 0.